The van der Waals surface area contributed by atoms with Gasteiger partial charge in [-0.15, -0.1) is 0 Å². The van der Waals surface area contributed by atoms with Crippen LogP contribution in [0.15, 0.2) is 53.6 Å². The molecule has 1 aliphatic rings. The Kier molecular flexibility index (Phi) is 3.29. The van der Waals surface area contributed by atoms with E-state index in [1.807, 2.05) is 57.2 Å². The van der Waals surface area contributed by atoms with Crippen LogP contribution in [-0.4, -0.2) is 4.92 Å². The minimum absolute atomic E-state index is 0.141. The summed E-state index contributed by atoms with van der Waals surface area (Å²) < 4.78 is 0. The molecule has 2 rings (SSSR count). The van der Waals surface area contributed by atoms with Gasteiger partial charge in [-0.05, 0) is 39.0 Å². The molecule has 2 N–H and O–H groups in total. The number of para-hydroxylation sites is 1. The van der Waals surface area contributed by atoms with Gasteiger partial charge in [0.1, 0.15) is 0 Å². The van der Waals surface area contributed by atoms with E-state index in [2.05, 4.69) is 10.6 Å². The van der Waals surface area contributed by atoms with Crippen LogP contribution in [0, 0.1) is 15.5 Å². The largest absolute Gasteiger partial charge is 0.340 e. The predicted octanol–water partition coefficient (Wildman–Crippen LogP) is 3.08. The minimum Gasteiger partial charge on any atom is -0.340 e. The first-order chi connectivity index (χ1) is 8.90. The van der Waals surface area contributed by atoms with Crippen molar-refractivity contribution in [1.29, 1.82) is 0 Å². The van der Waals surface area contributed by atoms with Crippen LogP contribution < -0.4 is 10.6 Å². The van der Waals surface area contributed by atoms with Gasteiger partial charge < -0.3 is 10.6 Å². The molecule has 1 aromatic rings. The average molecular weight is 259 g/mol. The van der Waals surface area contributed by atoms with Crippen molar-refractivity contribution in [2.75, 3.05) is 5.32 Å². The van der Waals surface area contributed by atoms with Gasteiger partial charge in [0, 0.05) is 11.4 Å². The number of anilines is 1. The number of benzene rings is 1. The Morgan fingerprint density at radius 3 is 2.47 bits per heavy atom. The van der Waals surface area contributed by atoms with Gasteiger partial charge in [0.25, 0.3) is 5.70 Å². The van der Waals surface area contributed by atoms with E-state index in [-0.39, 0.29) is 10.6 Å². The van der Waals surface area contributed by atoms with Crippen molar-refractivity contribution in [3.63, 3.8) is 0 Å². The summed E-state index contributed by atoms with van der Waals surface area (Å²) in [6.45, 7) is 5.56. The zero-order valence-electron chi connectivity index (χ0n) is 11.2. The number of dihydropyridines is 1. The van der Waals surface area contributed by atoms with E-state index in [1.165, 1.54) is 0 Å². The number of hydrogen-bond donors (Lipinski definition) is 2. The molecule has 0 aromatic heterocycles. The van der Waals surface area contributed by atoms with Gasteiger partial charge in [0.2, 0.25) is 0 Å². The molecule has 0 atom stereocenters. The molecule has 0 aliphatic carbocycles. The van der Waals surface area contributed by atoms with E-state index >= 15 is 0 Å². The highest BCUT2D eigenvalue weighted by molar-refractivity contribution is 5.50. The second kappa shape index (κ2) is 4.76. The Labute approximate surface area is 112 Å². The maximum absolute atomic E-state index is 11.3. The maximum Gasteiger partial charge on any atom is 0.295 e. The minimum atomic E-state index is -0.615. The topological polar surface area (TPSA) is 67.2 Å². The van der Waals surface area contributed by atoms with Crippen LogP contribution in [-0.2, 0) is 0 Å². The lowest BCUT2D eigenvalue weighted by molar-refractivity contribution is -0.439. The fraction of sp³-hybridized carbons (Fsp3) is 0.286. The van der Waals surface area contributed by atoms with Gasteiger partial charge in [-0.1, -0.05) is 18.2 Å². The van der Waals surface area contributed by atoms with E-state index in [1.54, 1.807) is 0 Å². The summed E-state index contributed by atoms with van der Waals surface area (Å²) in [6.07, 6.45) is 1.86. The molecule has 1 aliphatic heterocycles. The molecule has 0 unspecified atom stereocenters. The van der Waals surface area contributed by atoms with Gasteiger partial charge >= 0.3 is 0 Å². The second-order valence-corrected chi connectivity index (χ2v) is 5.15. The summed E-state index contributed by atoms with van der Waals surface area (Å²) in [5.74, 6) is 0.432. The lowest BCUT2D eigenvalue weighted by Crippen LogP contribution is -2.34. The summed E-state index contributed by atoms with van der Waals surface area (Å²) in [7, 11) is 0. The van der Waals surface area contributed by atoms with Gasteiger partial charge in [0.05, 0.1) is 10.3 Å². The number of nitrogens with zero attached hydrogens (tertiary/aromatic N) is 1. The molecule has 0 saturated heterocycles. The van der Waals surface area contributed by atoms with Crippen molar-refractivity contribution in [2.45, 2.75) is 20.8 Å². The Morgan fingerprint density at radius 2 is 1.89 bits per heavy atom. The molecule has 5 heteroatoms. The lowest BCUT2D eigenvalue weighted by Gasteiger charge is -2.27. The Bertz CT molecular complexity index is 559. The third kappa shape index (κ3) is 2.76. The first-order valence-electron chi connectivity index (χ1n) is 6.08. The van der Waals surface area contributed by atoms with Crippen LogP contribution in [0.2, 0.25) is 0 Å². The van der Waals surface area contributed by atoms with Crippen LogP contribution in [0.1, 0.15) is 20.8 Å². The SMILES string of the molecule is CC1=CC(C)(C)C([N+](=O)[O-])=C(Nc2ccccc2)N1. The maximum atomic E-state index is 11.3. The normalized spacial score (nSPS) is 17.5. The fourth-order valence-corrected chi connectivity index (χ4v) is 2.31. The Balaban J connectivity index is 2.41. The lowest BCUT2D eigenvalue weighted by atomic mass is 9.86. The first-order valence-corrected chi connectivity index (χ1v) is 6.08. The molecule has 0 saturated carbocycles. The van der Waals surface area contributed by atoms with Crippen molar-refractivity contribution in [1.82, 2.24) is 5.32 Å². The summed E-state index contributed by atoms with van der Waals surface area (Å²) in [6, 6.07) is 9.40. The first kappa shape index (κ1) is 13.1. The van der Waals surface area contributed by atoms with Crippen molar-refractivity contribution in [2.24, 2.45) is 5.41 Å². The molecule has 100 valence electrons. The fourth-order valence-electron chi connectivity index (χ4n) is 2.31. The second-order valence-electron chi connectivity index (χ2n) is 5.15. The van der Waals surface area contributed by atoms with Crippen molar-refractivity contribution < 1.29 is 4.92 Å². The highest BCUT2D eigenvalue weighted by Gasteiger charge is 2.38. The van der Waals surface area contributed by atoms with E-state index < -0.39 is 5.41 Å². The van der Waals surface area contributed by atoms with Crippen molar-refractivity contribution in [3.8, 4) is 0 Å². The molecule has 19 heavy (non-hydrogen) atoms. The van der Waals surface area contributed by atoms with Gasteiger partial charge in [0.15, 0.2) is 5.82 Å². The number of hydrogen-bond acceptors (Lipinski definition) is 4. The summed E-state index contributed by atoms with van der Waals surface area (Å²) in [4.78, 5) is 11.0. The smallest absolute Gasteiger partial charge is 0.295 e. The molecular formula is C14H17N3O2. The predicted molar refractivity (Wildman–Crippen MR) is 74.8 cm³/mol. The van der Waals surface area contributed by atoms with Gasteiger partial charge in [-0.25, -0.2) is 0 Å². The molecule has 5 nitrogen and oxygen atoms in total. The summed E-state index contributed by atoms with van der Waals surface area (Å²) in [5, 5.41) is 17.4. The Morgan fingerprint density at radius 1 is 1.26 bits per heavy atom. The van der Waals surface area contributed by atoms with Crippen molar-refractivity contribution in [3.05, 3.63) is 63.7 Å². The highest BCUT2D eigenvalue weighted by atomic mass is 16.6. The summed E-state index contributed by atoms with van der Waals surface area (Å²) >= 11 is 0. The van der Waals surface area contributed by atoms with Gasteiger partial charge in [-0.2, -0.15) is 0 Å². The van der Waals surface area contributed by atoms with Crippen LogP contribution in [0.25, 0.3) is 0 Å². The molecule has 0 bridgehead atoms. The van der Waals surface area contributed by atoms with E-state index in [4.69, 9.17) is 0 Å². The molecule has 1 aromatic carbocycles. The Hall–Kier alpha value is -2.30. The van der Waals surface area contributed by atoms with Gasteiger partial charge in [-0.3, -0.25) is 10.1 Å². The molecular weight excluding hydrogens is 242 g/mol. The summed E-state index contributed by atoms with van der Waals surface area (Å²) in [5.41, 5.74) is 1.24. The third-order valence-electron chi connectivity index (χ3n) is 2.97. The molecule has 0 fully saturated rings. The van der Waals surface area contributed by atoms with E-state index in [0.29, 0.717) is 5.82 Å². The van der Waals surface area contributed by atoms with E-state index in [9.17, 15) is 10.1 Å². The van der Waals surface area contributed by atoms with Crippen LogP contribution in [0.5, 0.6) is 0 Å². The van der Waals surface area contributed by atoms with E-state index in [0.717, 1.165) is 11.4 Å². The van der Waals surface area contributed by atoms with Crippen molar-refractivity contribution >= 4 is 5.69 Å². The standard InChI is InChI=1S/C14H17N3O2/c1-10-9-14(2,3)12(17(18)19)13(15-10)16-11-7-5-4-6-8-11/h4-9,15-16H,1-3H3. The van der Waals surface area contributed by atoms with Crippen LogP contribution >= 0.6 is 0 Å². The number of rotatable bonds is 3. The number of nitrogens with one attached hydrogen (secondary N) is 2. The zero-order chi connectivity index (χ0) is 14.0. The van der Waals surface area contributed by atoms with Crippen LogP contribution in [0.4, 0.5) is 5.69 Å². The monoisotopic (exact) mass is 259 g/mol. The number of allylic oxidation sites excluding steroid dienone is 2. The average Bonchev–Trinajstić information content (AvgIpc) is 2.27. The molecule has 1 heterocycles. The van der Waals surface area contributed by atoms with Crippen LogP contribution in [0.3, 0.4) is 0 Å². The highest BCUT2D eigenvalue weighted by Crippen LogP contribution is 2.34. The third-order valence-corrected chi connectivity index (χ3v) is 2.97. The number of nitro groups is 1. The zero-order valence-corrected chi connectivity index (χ0v) is 11.2. The molecule has 0 radical (unpaired) electrons. The quantitative estimate of drug-likeness (QED) is 0.646. The molecule has 0 amide bonds. The molecule has 0 spiro atoms.